The molecule has 3 atom stereocenters. The topological polar surface area (TPSA) is 85.5 Å². The number of hydrogen-bond acceptors (Lipinski definition) is 4. The minimum Gasteiger partial charge on any atom is -0.360 e. The summed E-state index contributed by atoms with van der Waals surface area (Å²) >= 11 is 5.37. The largest absolute Gasteiger partial charge is 0.360 e. The van der Waals surface area contributed by atoms with Gasteiger partial charge >= 0.3 is 0 Å². The summed E-state index contributed by atoms with van der Waals surface area (Å²) < 4.78 is 0. The number of nitrogens with one attached hydrogen (secondary N) is 4. The van der Waals surface area contributed by atoms with E-state index >= 15 is 0 Å². The molecule has 2 aliphatic heterocycles. The molecule has 0 spiro atoms. The van der Waals surface area contributed by atoms with E-state index in [-0.39, 0.29) is 29.9 Å². The van der Waals surface area contributed by atoms with Gasteiger partial charge in [0.25, 0.3) is 0 Å². The molecule has 0 radical (unpaired) electrons. The normalized spacial score (nSPS) is 31.8. The van der Waals surface area contributed by atoms with Crippen LogP contribution in [0.3, 0.4) is 0 Å². The lowest BCUT2D eigenvalue weighted by Gasteiger charge is -2.37. The summed E-state index contributed by atoms with van der Waals surface area (Å²) in [5, 5.41) is 13.4. The van der Waals surface area contributed by atoms with Gasteiger partial charge in [0.1, 0.15) is 0 Å². The third-order valence-corrected chi connectivity index (χ3v) is 5.75. The molecule has 4 fully saturated rings. The van der Waals surface area contributed by atoms with Gasteiger partial charge in [0.2, 0.25) is 11.8 Å². The van der Waals surface area contributed by atoms with Gasteiger partial charge < -0.3 is 21.3 Å². The molecule has 8 heteroatoms. The third kappa shape index (κ3) is 4.41. The number of piperazine rings is 1. The highest BCUT2D eigenvalue weighted by molar-refractivity contribution is 7.80. The summed E-state index contributed by atoms with van der Waals surface area (Å²) in [5.41, 5.74) is 0. The van der Waals surface area contributed by atoms with Crippen LogP contribution in [0.2, 0.25) is 0 Å². The van der Waals surface area contributed by atoms with Crippen molar-refractivity contribution in [2.45, 2.75) is 75.2 Å². The third-order valence-electron chi connectivity index (χ3n) is 5.52. The Hall–Kier alpha value is -1.41. The van der Waals surface area contributed by atoms with E-state index in [1.807, 2.05) is 0 Å². The minimum absolute atomic E-state index is 0.101. The average Bonchev–Trinajstić information content (AvgIpc) is 3.48. The molecule has 4 rings (SSSR count). The van der Waals surface area contributed by atoms with Crippen molar-refractivity contribution in [3.8, 4) is 0 Å². The number of carbonyl (C=O) groups is 2. The minimum atomic E-state index is -0.105. The Morgan fingerprint density at radius 2 is 1.80 bits per heavy atom. The van der Waals surface area contributed by atoms with Crippen LogP contribution in [0.4, 0.5) is 0 Å². The summed E-state index contributed by atoms with van der Waals surface area (Å²) in [7, 11) is 0. The van der Waals surface area contributed by atoms with E-state index in [2.05, 4.69) is 26.2 Å². The lowest BCUT2D eigenvalue weighted by molar-refractivity contribution is -0.129. The fourth-order valence-corrected chi connectivity index (χ4v) is 4.15. The molecule has 2 saturated heterocycles. The quantitative estimate of drug-likeness (QED) is 0.480. The van der Waals surface area contributed by atoms with Crippen molar-refractivity contribution in [2.75, 3.05) is 13.1 Å². The Kier molecular flexibility index (Phi) is 4.82. The maximum atomic E-state index is 12.2. The number of hydrogen-bond donors (Lipinski definition) is 4. The molecule has 4 aliphatic rings. The van der Waals surface area contributed by atoms with E-state index in [0.29, 0.717) is 30.2 Å². The van der Waals surface area contributed by atoms with Gasteiger partial charge in [0.15, 0.2) is 5.11 Å². The van der Waals surface area contributed by atoms with Gasteiger partial charge in [-0.3, -0.25) is 14.5 Å². The molecule has 0 aromatic heterocycles. The zero-order valence-corrected chi connectivity index (χ0v) is 15.2. The Morgan fingerprint density at radius 1 is 1.12 bits per heavy atom. The predicted octanol–water partition coefficient (Wildman–Crippen LogP) is -0.387. The van der Waals surface area contributed by atoms with Gasteiger partial charge in [-0.2, -0.15) is 0 Å². The number of amides is 2. The number of nitrogens with zero attached hydrogens (tertiary/aromatic N) is 1. The van der Waals surface area contributed by atoms with Crippen LogP contribution >= 0.6 is 12.2 Å². The highest BCUT2D eigenvalue weighted by atomic mass is 32.1. The molecular formula is C17H27N5O2S. The van der Waals surface area contributed by atoms with Crippen molar-refractivity contribution >= 4 is 29.1 Å². The van der Waals surface area contributed by atoms with E-state index in [0.717, 1.165) is 32.2 Å². The lowest BCUT2D eigenvalue weighted by Crippen LogP contribution is -2.58. The highest BCUT2D eigenvalue weighted by Crippen LogP contribution is 2.26. The van der Waals surface area contributed by atoms with Crippen LogP contribution in [-0.2, 0) is 9.59 Å². The molecule has 2 saturated carbocycles. The first-order valence-electron chi connectivity index (χ1n) is 9.48. The lowest BCUT2D eigenvalue weighted by atomic mass is 10.0. The van der Waals surface area contributed by atoms with E-state index in [1.165, 1.54) is 12.8 Å². The van der Waals surface area contributed by atoms with Crippen molar-refractivity contribution in [3.63, 3.8) is 0 Å². The molecule has 7 nitrogen and oxygen atoms in total. The van der Waals surface area contributed by atoms with Crippen LogP contribution < -0.4 is 21.3 Å². The van der Waals surface area contributed by atoms with Crippen molar-refractivity contribution in [2.24, 2.45) is 0 Å². The van der Waals surface area contributed by atoms with Crippen LogP contribution in [0.1, 0.15) is 44.9 Å². The summed E-state index contributed by atoms with van der Waals surface area (Å²) in [6, 6.07) is 1.25. The smallest absolute Gasteiger partial charge is 0.237 e. The zero-order chi connectivity index (χ0) is 17.4. The second kappa shape index (κ2) is 7.07. The Morgan fingerprint density at radius 3 is 2.52 bits per heavy atom. The maximum Gasteiger partial charge on any atom is 0.237 e. The Labute approximate surface area is 153 Å². The first-order valence-corrected chi connectivity index (χ1v) is 9.89. The van der Waals surface area contributed by atoms with E-state index < -0.39 is 0 Å². The van der Waals surface area contributed by atoms with Crippen molar-refractivity contribution < 1.29 is 9.59 Å². The van der Waals surface area contributed by atoms with E-state index in [1.54, 1.807) is 0 Å². The van der Waals surface area contributed by atoms with Gasteiger partial charge in [0.05, 0.1) is 6.04 Å². The fourth-order valence-electron chi connectivity index (χ4n) is 3.81. The Balaban J connectivity index is 1.28. The van der Waals surface area contributed by atoms with Gasteiger partial charge in [0, 0.05) is 43.7 Å². The van der Waals surface area contributed by atoms with Crippen molar-refractivity contribution in [1.29, 1.82) is 0 Å². The summed E-state index contributed by atoms with van der Waals surface area (Å²) in [4.78, 5) is 26.4. The van der Waals surface area contributed by atoms with Gasteiger partial charge in [-0.05, 0) is 50.7 Å². The molecule has 0 bridgehead atoms. The first kappa shape index (κ1) is 17.0. The van der Waals surface area contributed by atoms with Gasteiger partial charge in [-0.15, -0.1) is 0 Å². The number of thiocarbonyl (C=S) groups is 1. The summed E-state index contributed by atoms with van der Waals surface area (Å²) in [6.45, 7) is 1.43. The van der Waals surface area contributed by atoms with Gasteiger partial charge in [-0.1, -0.05) is 0 Å². The first-order chi connectivity index (χ1) is 12.1. The molecule has 2 heterocycles. The predicted molar refractivity (Wildman–Crippen MR) is 98.0 cm³/mol. The van der Waals surface area contributed by atoms with Crippen molar-refractivity contribution in [3.05, 3.63) is 0 Å². The van der Waals surface area contributed by atoms with Crippen LogP contribution in [0.15, 0.2) is 0 Å². The SMILES string of the molecule is O=C(CC[C@@H]1CNC(=O)[C@@H]2C[C@H](NC(=S)NC3CC3)CN12)NC1CC1. The fraction of sp³-hybridized carbons (Fsp3) is 0.824. The second-order valence-electron chi connectivity index (χ2n) is 7.82. The molecule has 2 amide bonds. The molecular weight excluding hydrogens is 338 g/mol. The number of carbonyl (C=O) groups excluding carboxylic acids is 2. The molecule has 2 aliphatic carbocycles. The van der Waals surface area contributed by atoms with Crippen molar-refractivity contribution in [1.82, 2.24) is 26.2 Å². The number of rotatable bonds is 6. The van der Waals surface area contributed by atoms with Crippen LogP contribution in [0.5, 0.6) is 0 Å². The van der Waals surface area contributed by atoms with Crippen LogP contribution in [0, 0.1) is 0 Å². The zero-order valence-electron chi connectivity index (χ0n) is 14.4. The second-order valence-corrected chi connectivity index (χ2v) is 8.22. The van der Waals surface area contributed by atoms with Gasteiger partial charge in [-0.25, -0.2) is 0 Å². The average molecular weight is 366 g/mol. The molecule has 0 unspecified atom stereocenters. The monoisotopic (exact) mass is 365 g/mol. The summed E-state index contributed by atoms with van der Waals surface area (Å²) in [5.74, 6) is 0.240. The van der Waals surface area contributed by atoms with Crippen LogP contribution in [-0.4, -0.2) is 65.1 Å². The highest BCUT2D eigenvalue weighted by Gasteiger charge is 2.43. The molecule has 0 aromatic rings. The molecule has 4 N–H and O–H groups in total. The molecule has 25 heavy (non-hydrogen) atoms. The number of fused-ring (bicyclic) bond motifs is 1. The Bertz CT molecular complexity index is 563. The standard InChI is InChI=1S/C17H27N5O2S/c23-15(19-10-1-2-10)6-5-13-8-18-16(24)14-7-12(9-22(13)14)21-17(25)20-11-3-4-11/h10-14H,1-9H2,(H,18,24)(H,19,23)(H2,20,21,25)/t12-,13+,14-/m0/s1. The van der Waals surface area contributed by atoms with E-state index in [4.69, 9.17) is 12.2 Å². The van der Waals surface area contributed by atoms with E-state index in [9.17, 15) is 9.59 Å². The molecule has 0 aromatic carbocycles. The summed E-state index contributed by atoms with van der Waals surface area (Å²) in [6.07, 6.45) is 6.68. The van der Waals surface area contributed by atoms with Crippen LogP contribution in [0.25, 0.3) is 0 Å². The molecule has 138 valence electrons. The maximum absolute atomic E-state index is 12.2.